The fourth-order valence-corrected chi connectivity index (χ4v) is 3.48. The minimum Gasteiger partial charge on any atom is -0.374 e. The first-order chi connectivity index (χ1) is 14.0. The van der Waals surface area contributed by atoms with Crippen LogP contribution in [0.25, 0.3) is 11.4 Å². The number of aromatic nitrogens is 2. The third-order valence-corrected chi connectivity index (χ3v) is 4.95. The number of para-hydroxylation sites is 2. The van der Waals surface area contributed by atoms with Gasteiger partial charge < -0.3 is 14.7 Å². The number of rotatable bonds is 5. The van der Waals surface area contributed by atoms with Gasteiger partial charge in [0, 0.05) is 18.7 Å². The molecule has 0 aliphatic carbocycles. The Labute approximate surface area is 166 Å². The first-order valence-corrected chi connectivity index (χ1v) is 9.59. The first-order valence-electron chi connectivity index (χ1n) is 9.59. The molecule has 3 aromatic rings. The van der Waals surface area contributed by atoms with Crippen molar-refractivity contribution < 1.29 is 17.7 Å². The number of hydrogen-bond acceptors (Lipinski definition) is 5. The van der Waals surface area contributed by atoms with E-state index in [0.717, 1.165) is 36.6 Å². The summed E-state index contributed by atoms with van der Waals surface area (Å²) in [5, 5.41) is 7.14. The number of nitrogens with one attached hydrogen (secondary N) is 1. The number of alkyl halides is 3. The first kappa shape index (κ1) is 19.3. The van der Waals surface area contributed by atoms with Crippen molar-refractivity contribution in [1.82, 2.24) is 10.1 Å². The molecule has 5 nitrogen and oxygen atoms in total. The molecule has 2 heterocycles. The van der Waals surface area contributed by atoms with E-state index >= 15 is 0 Å². The van der Waals surface area contributed by atoms with E-state index in [9.17, 15) is 13.2 Å². The molecule has 1 aliphatic heterocycles. The lowest BCUT2D eigenvalue weighted by Gasteiger charge is -2.30. The second-order valence-electron chi connectivity index (χ2n) is 7.01. The molecule has 1 saturated heterocycles. The van der Waals surface area contributed by atoms with E-state index in [1.165, 1.54) is 31.4 Å². The fraction of sp³-hybridized carbons (Fsp3) is 0.333. The maximum absolute atomic E-state index is 12.9. The van der Waals surface area contributed by atoms with Crippen LogP contribution in [0.2, 0.25) is 0 Å². The van der Waals surface area contributed by atoms with Crippen LogP contribution in [-0.2, 0) is 12.7 Å². The van der Waals surface area contributed by atoms with E-state index in [0.29, 0.717) is 5.89 Å². The molecule has 0 amide bonds. The topological polar surface area (TPSA) is 54.2 Å². The molecule has 0 atom stereocenters. The maximum atomic E-state index is 12.9. The average Bonchev–Trinajstić information content (AvgIpc) is 3.22. The second kappa shape index (κ2) is 8.14. The summed E-state index contributed by atoms with van der Waals surface area (Å²) in [6, 6.07) is 12.9. The maximum Gasteiger partial charge on any atom is 0.416 e. The summed E-state index contributed by atoms with van der Waals surface area (Å²) in [5.41, 5.74) is 1.62. The molecular weight excluding hydrogens is 381 g/mol. The normalized spacial score (nSPS) is 14.8. The summed E-state index contributed by atoms with van der Waals surface area (Å²) < 4.78 is 44.0. The van der Waals surface area contributed by atoms with Crippen molar-refractivity contribution in [2.24, 2.45) is 0 Å². The highest BCUT2D eigenvalue weighted by Gasteiger charge is 2.30. The molecule has 0 bridgehead atoms. The Morgan fingerprint density at radius 1 is 1.00 bits per heavy atom. The molecule has 1 aromatic heterocycles. The monoisotopic (exact) mass is 402 g/mol. The SMILES string of the molecule is FC(F)(F)c1cccc(-c2noc(CNc3ccccc3N3CCCCC3)n2)c1. The van der Waals surface area contributed by atoms with Crippen molar-refractivity contribution in [2.75, 3.05) is 23.3 Å². The van der Waals surface area contributed by atoms with Crippen LogP contribution < -0.4 is 10.2 Å². The Bertz CT molecular complexity index is 964. The molecule has 2 aromatic carbocycles. The predicted molar refractivity (Wildman–Crippen MR) is 105 cm³/mol. The number of benzene rings is 2. The van der Waals surface area contributed by atoms with E-state index in [2.05, 4.69) is 26.4 Å². The molecule has 0 unspecified atom stereocenters. The zero-order valence-electron chi connectivity index (χ0n) is 15.7. The van der Waals surface area contributed by atoms with Gasteiger partial charge >= 0.3 is 6.18 Å². The quantitative estimate of drug-likeness (QED) is 0.623. The van der Waals surface area contributed by atoms with Crippen molar-refractivity contribution in [3.8, 4) is 11.4 Å². The second-order valence-corrected chi connectivity index (χ2v) is 7.01. The minimum atomic E-state index is -4.41. The molecule has 29 heavy (non-hydrogen) atoms. The number of halogens is 3. The molecule has 1 aliphatic rings. The number of nitrogens with zero attached hydrogens (tertiary/aromatic N) is 3. The third-order valence-electron chi connectivity index (χ3n) is 4.95. The number of anilines is 2. The summed E-state index contributed by atoms with van der Waals surface area (Å²) in [6.07, 6.45) is -0.800. The average molecular weight is 402 g/mol. The van der Waals surface area contributed by atoms with Gasteiger partial charge in [-0.1, -0.05) is 29.4 Å². The lowest BCUT2D eigenvalue weighted by Crippen LogP contribution is -2.30. The van der Waals surface area contributed by atoms with Gasteiger partial charge in [0.1, 0.15) is 0 Å². The predicted octanol–water partition coefficient (Wildman–Crippen LogP) is 5.36. The molecule has 152 valence electrons. The lowest BCUT2D eigenvalue weighted by molar-refractivity contribution is -0.137. The van der Waals surface area contributed by atoms with Crippen LogP contribution in [0.4, 0.5) is 24.5 Å². The van der Waals surface area contributed by atoms with Gasteiger partial charge in [-0.05, 0) is 43.5 Å². The minimum absolute atomic E-state index is 0.136. The van der Waals surface area contributed by atoms with E-state index in [4.69, 9.17) is 4.52 Å². The van der Waals surface area contributed by atoms with E-state index in [1.54, 1.807) is 0 Å². The summed E-state index contributed by atoms with van der Waals surface area (Å²) in [5.74, 6) is 0.447. The van der Waals surface area contributed by atoms with Crippen molar-refractivity contribution >= 4 is 11.4 Å². The van der Waals surface area contributed by atoms with Crippen molar-refractivity contribution in [3.05, 3.63) is 60.0 Å². The van der Waals surface area contributed by atoms with E-state index in [1.807, 2.05) is 18.2 Å². The van der Waals surface area contributed by atoms with Gasteiger partial charge in [-0.25, -0.2) is 0 Å². The smallest absolute Gasteiger partial charge is 0.374 e. The summed E-state index contributed by atoms with van der Waals surface area (Å²) in [7, 11) is 0. The Hall–Kier alpha value is -3.03. The highest BCUT2D eigenvalue weighted by atomic mass is 19.4. The summed E-state index contributed by atoms with van der Waals surface area (Å²) in [6.45, 7) is 2.34. The zero-order valence-corrected chi connectivity index (χ0v) is 15.7. The zero-order chi connectivity index (χ0) is 20.3. The summed E-state index contributed by atoms with van der Waals surface area (Å²) >= 11 is 0. The van der Waals surface area contributed by atoms with Gasteiger partial charge in [0.05, 0.1) is 23.5 Å². The Kier molecular flexibility index (Phi) is 5.42. The standard InChI is InChI=1S/C21H21F3N4O/c22-21(23,24)16-8-6-7-15(13-16)20-26-19(29-27-20)14-25-17-9-2-3-10-18(17)28-11-4-1-5-12-28/h2-3,6-10,13,25H,1,4-5,11-12,14H2. The lowest BCUT2D eigenvalue weighted by atomic mass is 10.1. The molecule has 0 saturated carbocycles. The van der Waals surface area contributed by atoms with E-state index < -0.39 is 11.7 Å². The Morgan fingerprint density at radius 2 is 1.79 bits per heavy atom. The molecular formula is C21H21F3N4O. The molecule has 8 heteroatoms. The van der Waals surface area contributed by atoms with Crippen LogP contribution in [0.15, 0.2) is 53.1 Å². The molecule has 1 N–H and O–H groups in total. The van der Waals surface area contributed by atoms with Crippen molar-refractivity contribution in [3.63, 3.8) is 0 Å². The van der Waals surface area contributed by atoms with Crippen LogP contribution >= 0.6 is 0 Å². The van der Waals surface area contributed by atoms with E-state index in [-0.39, 0.29) is 17.9 Å². The van der Waals surface area contributed by atoms with Crippen LogP contribution in [0, 0.1) is 0 Å². The third kappa shape index (κ3) is 4.52. The van der Waals surface area contributed by atoms with Gasteiger partial charge in [0.15, 0.2) is 0 Å². The van der Waals surface area contributed by atoms with Crippen molar-refractivity contribution in [2.45, 2.75) is 32.0 Å². The van der Waals surface area contributed by atoms with Crippen LogP contribution in [-0.4, -0.2) is 23.2 Å². The highest BCUT2D eigenvalue weighted by Crippen LogP contribution is 2.32. The number of hydrogen-bond donors (Lipinski definition) is 1. The molecule has 0 radical (unpaired) electrons. The summed E-state index contributed by atoms with van der Waals surface area (Å²) in [4.78, 5) is 6.59. The number of piperidine rings is 1. The van der Waals surface area contributed by atoms with Gasteiger partial charge in [-0.3, -0.25) is 0 Å². The Morgan fingerprint density at radius 3 is 2.59 bits per heavy atom. The van der Waals surface area contributed by atoms with Crippen LogP contribution in [0.3, 0.4) is 0 Å². The van der Waals surface area contributed by atoms with Gasteiger partial charge in [-0.2, -0.15) is 18.2 Å². The van der Waals surface area contributed by atoms with Gasteiger partial charge in [0.2, 0.25) is 11.7 Å². The largest absolute Gasteiger partial charge is 0.416 e. The van der Waals surface area contributed by atoms with Crippen LogP contribution in [0.5, 0.6) is 0 Å². The van der Waals surface area contributed by atoms with Gasteiger partial charge in [0.25, 0.3) is 0 Å². The van der Waals surface area contributed by atoms with Crippen LogP contribution in [0.1, 0.15) is 30.7 Å². The van der Waals surface area contributed by atoms with Gasteiger partial charge in [-0.15, -0.1) is 0 Å². The molecule has 0 spiro atoms. The molecule has 4 rings (SSSR count). The fourth-order valence-electron chi connectivity index (χ4n) is 3.48. The van der Waals surface area contributed by atoms with Crippen molar-refractivity contribution in [1.29, 1.82) is 0 Å². The highest BCUT2D eigenvalue weighted by molar-refractivity contribution is 5.70. The Balaban J connectivity index is 1.47. The molecule has 1 fully saturated rings.